The molecule has 3 heteroatoms. The van der Waals surface area contributed by atoms with E-state index in [1.54, 1.807) is 13.2 Å². The van der Waals surface area contributed by atoms with Gasteiger partial charge in [0.05, 0.1) is 7.11 Å². The Morgan fingerprint density at radius 1 is 1.50 bits per heavy atom. The Balaban J connectivity index is 2.03. The topological polar surface area (TPSA) is 41.5 Å². The molecule has 1 aromatic carbocycles. The molecule has 1 unspecified atom stereocenters. The van der Waals surface area contributed by atoms with Gasteiger partial charge in [-0.05, 0) is 56.0 Å². The normalized spacial score (nSPS) is 20.7. The van der Waals surface area contributed by atoms with Crippen molar-refractivity contribution in [2.24, 2.45) is 5.92 Å². The van der Waals surface area contributed by atoms with Gasteiger partial charge in [0.25, 0.3) is 0 Å². The van der Waals surface area contributed by atoms with Crippen molar-refractivity contribution >= 4 is 0 Å². The number of benzene rings is 1. The molecule has 88 valence electrons. The third-order valence-corrected chi connectivity index (χ3v) is 3.17. The second-order valence-corrected chi connectivity index (χ2v) is 4.42. The second-order valence-electron chi connectivity index (χ2n) is 4.42. The largest absolute Gasteiger partial charge is 0.504 e. The minimum absolute atomic E-state index is 0.216. The molecule has 0 bridgehead atoms. The quantitative estimate of drug-likeness (QED) is 0.819. The zero-order chi connectivity index (χ0) is 11.4. The highest BCUT2D eigenvalue weighted by Crippen LogP contribution is 2.28. The molecule has 0 aromatic heterocycles. The van der Waals surface area contributed by atoms with Crippen molar-refractivity contribution in [2.45, 2.75) is 19.3 Å². The number of nitrogens with one attached hydrogen (secondary N) is 1. The summed E-state index contributed by atoms with van der Waals surface area (Å²) in [4.78, 5) is 0. The molecule has 16 heavy (non-hydrogen) atoms. The van der Waals surface area contributed by atoms with Crippen molar-refractivity contribution in [1.82, 2.24) is 5.32 Å². The molecule has 0 amide bonds. The molecule has 1 aliphatic rings. The summed E-state index contributed by atoms with van der Waals surface area (Å²) in [6.07, 6.45) is 3.61. The number of aromatic hydroxyl groups is 1. The minimum atomic E-state index is 0.216. The van der Waals surface area contributed by atoms with Crippen LogP contribution in [0.1, 0.15) is 18.4 Å². The van der Waals surface area contributed by atoms with E-state index in [2.05, 4.69) is 5.32 Å². The van der Waals surface area contributed by atoms with Crippen LogP contribution in [0.3, 0.4) is 0 Å². The smallest absolute Gasteiger partial charge is 0.160 e. The first-order valence-electron chi connectivity index (χ1n) is 5.86. The fourth-order valence-electron chi connectivity index (χ4n) is 2.28. The molecular formula is C13H19NO2. The number of phenolic OH excluding ortho intramolecular Hbond substituents is 1. The van der Waals surface area contributed by atoms with Crippen LogP contribution in [0, 0.1) is 5.92 Å². The first kappa shape index (κ1) is 11.3. The van der Waals surface area contributed by atoms with Gasteiger partial charge in [-0.2, -0.15) is 0 Å². The van der Waals surface area contributed by atoms with Crippen molar-refractivity contribution < 1.29 is 9.84 Å². The van der Waals surface area contributed by atoms with Gasteiger partial charge < -0.3 is 15.2 Å². The van der Waals surface area contributed by atoms with E-state index in [9.17, 15) is 5.11 Å². The van der Waals surface area contributed by atoms with Crippen LogP contribution in [0.25, 0.3) is 0 Å². The molecule has 0 saturated carbocycles. The van der Waals surface area contributed by atoms with Gasteiger partial charge in [0.15, 0.2) is 11.5 Å². The maximum atomic E-state index is 9.50. The molecule has 2 rings (SSSR count). The van der Waals surface area contributed by atoms with Gasteiger partial charge in [-0.25, -0.2) is 0 Å². The number of piperidine rings is 1. The van der Waals surface area contributed by atoms with Crippen LogP contribution < -0.4 is 10.1 Å². The maximum absolute atomic E-state index is 9.50. The predicted octanol–water partition coefficient (Wildman–Crippen LogP) is 1.94. The lowest BCUT2D eigenvalue weighted by molar-refractivity contribution is 0.366. The summed E-state index contributed by atoms with van der Waals surface area (Å²) in [6, 6.07) is 5.63. The number of hydrogen-bond donors (Lipinski definition) is 2. The first-order valence-corrected chi connectivity index (χ1v) is 5.86. The van der Waals surface area contributed by atoms with Crippen molar-refractivity contribution in [3.05, 3.63) is 23.8 Å². The Morgan fingerprint density at radius 3 is 3.06 bits per heavy atom. The van der Waals surface area contributed by atoms with E-state index in [1.165, 1.54) is 18.4 Å². The van der Waals surface area contributed by atoms with Gasteiger partial charge in [0.2, 0.25) is 0 Å². The monoisotopic (exact) mass is 221 g/mol. The Morgan fingerprint density at radius 2 is 2.38 bits per heavy atom. The molecule has 1 fully saturated rings. The lowest BCUT2D eigenvalue weighted by atomic mass is 9.92. The van der Waals surface area contributed by atoms with Gasteiger partial charge in [0.1, 0.15) is 0 Å². The molecule has 1 aliphatic heterocycles. The van der Waals surface area contributed by atoms with E-state index in [1.807, 2.05) is 12.1 Å². The van der Waals surface area contributed by atoms with Crippen LogP contribution in [-0.2, 0) is 6.42 Å². The van der Waals surface area contributed by atoms with Crippen LogP contribution >= 0.6 is 0 Å². The summed E-state index contributed by atoms with van der Waals surface area (Å²) < 4.78 is 5.11. The highest BCUT2D eigenvalue weighted by molar-refractivity contribution is 5.41. The van der Waals surface area contributed by atoms with Crippen LogP contribution in [0.15, 0.2) is 18.2 Å². The predicted molar refractivity (Wildman–Crippen MR) is 64.0 cm³/mol. The highest BCUT2D eigenvalue weighted by Gasteiger charge is 2.14. The average molecular weight is 221 g/mol. The van der Waals surface area contributed by atoms with Gasteiger partial charge >= 0.3 is 0 Å². The summed E-state index contributed by atoms with van der Waals surface area (Å²) in [6.45, 7) is 2.25. The minimum Gasteiger partial charge on any atom is -0.504 e. The third-order valence-electron chi connectivity index (χ3n) is 3.17. The molecule has 2 N–H and O–H groups in total. The van der Waals surface area contributed by atoms with Gasteiger partial charge in [0, 0.05) is 0 Å². The summed E-state index contributed by atoms with van der Waals surface area (Å²) in [5.41, 5.74) is 1.24. The van der Waals surface area contributed by atoms with Crippen LogP contribution in [0.4, 0.5) is 0 Å². The molecule has 1 aromatic rings. The lowest BCUT2D eigenvalue weighted by Gasteiger charge is -2.22. The molecule has 0 radical (unpaired) electrons. The Kier molecular flexibility index (Phi) is 3.67. The fraction of sp³-hybridized carbons (Fsp3) is 0.538. The molecule has 1 heterocycles. The average Bonchev–Trinajstić information content (AvgIpc) is 2.33. The zero-order valence-corrected chi connectivity index (χ0v) is 9.70. The number of ether oxygens (including phenoxy) is 1. The van der Waals surface area contributed by atoms with Crippen LogP contribution in [0.2, 0.25) is 0 Å². The van der Waals surface area contributed by atoms with Gasteiger partial charge in [-0.1, -0.05) is 6.07 Å². The van der Waals surface area contributed by atoms with Crippen molar-refractivity contribution in [3.63, 3.8) is 0 Å². The van der Waals surface area contributed by atoms with Crippen LogP contribution in [-0.4, -0.2) is 25.3 Å². The van der Waals surface area contributed by atoms with Gasteiger partial charge in [-0.3, -0.25) is 0 Å². The molecule has 1 atom stereocenters. The van der Waals surface area contributed by atoms with Crippen LogP contribution in [0.5, 0.6) is 11.5 Å². The molecule has 1 saturated heterocycles. The number of rotatable bonds is 3. The molecule has 3 nitrogen and oxygen atoms in total. The van der Waals surface area contributed by atoms with E-state index in [0.717, 1.165) is 19.5 Å². The van der Waals surface area contributed by atoms with Crippen molar-refractivity contribution in [3.8, 4) is 11.5 Å². The van der Waals surface area contributed by atoms with E-state index in [-0.39, 0.29) is 5.75 Å². The SMILES string of the molecule is COc1cc(CC2CCCNC2)ccc1O. The summed E-state index contributed by atoms with van der Waals surface area (Å²) in [5, 5.41) is 12.9. The standard InChI is InChI=1S/C13H19NO2/c1-16-13-8-10(4-5-12(13)15)7-11-3-2-6-14-9-11/h4-5,8,11,14-15H,2-3,6-7,9H2,1H3. The molecular weight excluding hydrogens is 202 g/mol. The summed E-state index contributed by atoms with van der Waals surface area (Å²) in [5.74, 6) is 1.50. The maximum Gasteiger partial charge on any atom is 0.160 e. The van der Waals surface area contributed by atoms with Crippen molar-refractivity contribution in [2.75, 3.05) is 20.2 Å². The van der Waals surface area contributed by atoms with Gasteiger partial charge in [-0.15, -0.1) is 0 Å². The third kappa shape index (κ3) is 2.67. The Bertz CT molecular complexity index is 346. The Hall–Kier alpha value is -1.22. The van der Waals surface area contributed by atoms with E-state index in [4.69, 9.17) is 4.74 Å². The van der Waals surface area contributed by atoms with E-state index in [0.29, 0.717) is 11.7 Å². The number of hydrogen-bond acceptors (Lipinski definition) is 3. The van der Waals surface area contributed by atoms with E-state index < -0.39 is 0 Å². The second kappa shape index (κ2) is 5.21. The van der Waals surface area contributed by atoms with Crippen molar-refractivity contribution in [1.29, 1.82) is 0 Å². The first-order chi connectivity index (χ1) is 7.79. The lowest BCUT2D eigenvalue weighted by Crippen LogP contribution is -2.30. The summed E-state index contributed by atoms with van der Waals surface area (Å²) in [7, 11) is 1.58. The number of phenols is 1. The number of methoxy groups -OCH3 is 1. The molecule has 0 aliphatic carbocycles. The zero-order valence-electron chi connectivity index (χ0n) is 9.70. The molecule has 0 spiro atoms. The van der Waals surface area contributed by atoms with E-state index >= 15 is 0 Å². The summed E-state index contributed by atoms with van der Waals surface area (Å²) >= 11 is 0. The Labute approximate surface area is 96.4 Å². The highest BCUT2D eigenvalue weighted by atomic mass is 16.5. The fourth-order valence-corrected chi connectivity index (χ4v) is 2.28.